The number of aromatic nitrogens is 1. The van der Waals surface area contributed by atoms with Crippen LogP contribution in [0.1, 0.15) is 70.8 Å². The number of aliphatic hydroxyl groups is 1. The minimum absolute atomic E-state index is 0.207. The first kappa shape index (κ1) is 22.9. The van der Waals surface area contributed by atoms with Crippen LogP contribution in [-0.4, -0.2) is 48.8 Å². The SMILES string of the molecule is CCNC(=NCc1ccc(N2CCC(C)CC2)nc1)NCC1(CCO)CCCCC1. The molecule has 3 rings (SSSR count). The lowest BCUT2D eigenvalue weighted by molar-refractivity contribution is 0.131. The van der Waals surface area contributed by atoms with E-state index in [2.05, 4.69) is 41.5 Å². The summed E-state index contributed by atoms with van der Waals surface area (Å²) in [7, 11) is 0. The van der Waals surface area contributed by atoms with Crippen LogP contribution >= 0.6 is 0 Å². The van der Waals surface area contributed by atoms with E-state index in [0.717, 1.165) is 55.9 Å². The van der Waals surface area contributed by atoms with Crippen LogP contribution in [0.2, 0.25) is 0 Å². The summed E-state index contributed by atoms with van der Waals surface area (Å²) in [6.45, 7) is 9.24. The summed E-state index contributed by atoms with van der Waals surface area (Å²) in [5.74, 6) is 2.77. The van der Waals surface area contributed by atoms with Crippen LogP contribution in [0.5, 0.6) is 0 Å². The Kier molecular flexibility index (Phi) is 8.79. The van der Waals surface area contributed by atoms with Gasteiger partial charge in [0.25, 0.3) is 0 Å². The van der Waals surface area contributed by atoms with Gasteiger partial charge < -0.3 is 20.6 Å². The number of aliphatic hydroxyl groups excluding tert-OH is 1. The van der Waals surface area contributed by atoms with Crippen LogP contribution in [-0.2, 0) is 6.54 Å². The molecule has 6 heteroatoms. The molecule has 1 aromatic rings. The van der Waals surface area contributed by atoms with E-state index >= 15 is 0 Å². The Morgan fingerprint density at radius 3 is 2.60 bits per heavy atom. The van der Waals surface area contributed by atoms with Gasteiger partial charge in [-0.3, -0.25) is 0 Å². The summed E-state index contributed by atoms with van der Waals surface area (Å²) in [5, 5.41) is 16.5. The molecule has 2 heterocycles. The first-order valence-corrected chi connectivity index (χ1v) is 12.0. The zero-order valence-electron chi connectivity index (χ0n) is 19.0. The average molecular weight is 416 g/mol. The Morgan fingerprint density at radius 2 is 1.97 bits per heavy atom. The van der Waals surface area contributed by atoms with Crippen molar-refractivity contribution in [2.75, 3.05) is 37.7 Å². The second kappa shape index (κ2) is 11.5. The second-order valence-corrected chi connectivity index (χ2v) is 9.28. The fourth-order valence-corrected chi connectivity index (χ4v) is 4.77. The zero-order valence-corrected chi connectivity index (χ0v) is 19.0. The third-order valence-electron chi connectivity index (χ3n) is 6.87. The van der Waals surface area contributed by atoms with Crippen molar-refractivity contribution in [3.63, 3.8) is 0 Å². The van der Waals surface area contributed by atoms with E-state index in [-0.39, 0.29) is 12.0 Å². The Morgan fingerprint density at radius 1 is 1.20 bits per heavy atom. The van der Waals surface area contributed by atoms with Gasteiger partial charge in [-0.2, -0.15) is 0 Å². The maximum absolute atomic E-state index is 9.55. The predicted octanol–water partition coefficient (Wildman–Crippen LogP) is 3.71. The number of aliphatic imine (C=N–C) groups is 1. The second-order valence-electron chi connectivity index (χ2n) is 9.28. The maximum Gasteiger partial charge on any atom is 0.191 e. The topological polar surface area (TPSA) is 72.8 Å². The van der Waals surface area contributed by atoms with Gasteiger partial charge in [-0.15, -0.1) is 0 Å². The largest absolute Gasteiger partial charge is 0.396 e. The summed E-state index contributed by atoms with van der Waals surface area (Å²) < 4.78 is 0. The van der Waals surface area contributed by atoms with Gasteiger partial charge in [0.15, 0.2) is 5.96 Å². The summed E-state index contributed by atoms with van der Waals surface area (Å²) in [6, 6.07) is 4.29. The summed E-state index contributed by atoms with van der Waals surface area (Å²) in [4.78, 5) is 11.9. The van der Waals surface area contributed by atoms with Crippen molar-refractivity contribution >= 4 is 11.8 Å². The standard InChI is InChI=1S/C24H41N5O/c1-3-25-23(28-19-24(13-16-30)11-5-4-6-12-24)27-18-21-7-8-22(26-17-21)29-14-9-20(2)10-15-29/h7-8,17,20,30H,3-6,9-16,18-19H2,1-2H3,(H2,25,27,28). The van der Waals surface area contributed by atoms with E-state index in [9.17, 15) is 5.11 Å². The minimum atomic E-state index is 0.207. The average Bonchev–Trinajstić information content (AvgIpc) is 2.78. The predicted molar refractivity (Wildman–Crippen MR) is 125 cm³/mol. The summed E-state index contributed by atoms with van der Waals surface area (Å²) in [5.41, 5.74) is 1.34. The van der Waals surface area contributed by atoms with Gasteiger partial charge in [0, 0.05) is 39.0 Å². The highest BCUT2D eigenvalue weighted by Crippen LogP contribution is 2.38. The molecule has 2 aliphatic rings. The lowest BCUT2D eigenvalue weighted by atomic mass is 9.72. The van der Waals surface area contributed by atoms with E-state index in [1.807, 2.05) is 6.20 Å². The quantitative estimate of drug-likeness (QED) is 0.446. The third kappa shape index (κ3) is 6.59. The van der Waals surface area contributed by atoms with Crippen LogP contribution in [0.25, 0.3) is 0 Å². The van der Waals surface area contributed by atoms with Crippen molar-refractivity contribution in [2.45, 2.75) is 71.8 Å². The highest BCUT2D eigenvalue weighted by atomic mass is 16.3. The molecule has 2 fully saturated rings. The number of nitrogens with zero attached hydrogens (tertiary/aromatic N) is 3. The van der Waals surface area contributed by atoms with Crippen molar-refractivity contribution < 1.29 is 5.11 Å². The molecule has 0 spiro atoms. The molecular formula is C24H41N5O. The molecule has 3 N–H and O–H groups in total. The minimum Gasteiger partial charge on any atom is -0.396 e. The molecule has 0 radical (unpaired) electrons. The van der Waals surface area contributed by atoms with E-state index < -0.39 is 0 Å². The van der Waals surface area contributed by atoms with Crippen LogP contribution in [0.15, 0.2) is 23.3 Å². The van der Waals surface area contributed by atoms with Gasteiger partial charge in [-0.05, 0) is 62.0 Å². The molecule has 1 aliphatic carbocycles. The fourth-order valence-electron chi connectivity index (χ4n) is 4.77. The van der Waals surface area contributed by atoms with E-state index in [0.29, 0.717) is 6.54 Å². The molecule has 168 valence electrons. The molecule has 1 saturated heterocycles. The number of hydrogen-bond donors (Lipinski definition) is 3. The van der Waals surface area contributed by atoms with E-state index in [1.165, 1.54) is 44.9 Å². The molecule has 1 aliphatic heterocycles. The molecule has 0 aromatic carbocycles. The first-order valence-electron chi connectivity index (χ1n) is 12.0. The van der Waals surface area contributed by atoms with Crippen LogP contribution in [0.3, 0.4) is 0 Å². The van der Waals surface area contributed by atoms with Crippen molar-refractivity contribution in [2.24, 2.45) is 16.3 Å². The number of piperidine rings is 1. The van der Waals surface area contributed by atoms with Gasteiger partial charge in [0.05, 0.1) is 6.54 Å². The molecule has 30 heavy (non-hydrogen) atoms. The summed E-state index contributed by atoms with van der Waals surface area (Å²) in [6.07, 6.45) is 11.6. The molecule has 0 amide bonds. The van der Waals surface area contributed by atoms with Gasteiger partial charge in [-0.1, -0.05) is 32.3 Å². The van der Waals surface area contributed by atoms with Gasteiger partial charge in [0.2, 0.25) is 0 Å². The zero-order chi connectivity index (χ0) is 21.2. The van der Waals surface area contributed by atoms with Crippen molar-refractivity contribution in [3.05, 3.63) is 23.9 Å². The van der Waals surface area contributed by atoms with Gasteiger partial charge in [-0.25, -0.2) is 9.98 Å². The molecule has 0 atom stereocenters. The number of nitrogens with one attached hydrogen (secondary N) is 2. The fraction of sp³-hybridized carbons (Fsp3) is 0.750. The number of guanidine groups is 1. The van der Waals surface area contributed by atoms with Crippen LogP contribution in [0, 0.1) is 11.3 Å². The number of pyridine rings is 1. The number of rotatable bonds is 8. The smallest absolute Gasteiger partial charge is 0.191 e. The Labute approximate surface area is 182 Å². The van der Waals surface area contributed by atoms with E-state index in [1.54, 1.807) is 0 Å². The number of anilines is 1. The molecule has 6 nitrogen and oxygen atoms in total. The van der Waals surface area contributed by atoms with Crippen molar-refractivity contribution in [3.8, 4) is 0 Å². The molecule has 1 saturated carbocycles. The van der Waals surface area contributed by atoms with Crippen molar-refractivity contribution in [1.82, 2.24) is 15.6 Å². The lowest BCUT2D eigenvalue weighted by Crippen LogP contribution is -2.44. The highest BCUT2D eigenvalue weighted by molar-refractivity contribution is 5.79. The number of hydrogen-bond acceptors (Lipinski definition) is 4. The van der Waals surface area contributed by atoms with Gasteiger partial charge in [0.1, 0.15) is 5.82 Å². The Balaban J connectivity index is 1.56. The van der Waals surface area contributed by atoms with Crippen LogP contribution in [0.4, 0.5) is 5.82 Å². The maximum atomic E-state index is 9.55. The first-order chi connectivity index (χ1) is 14.6. The lowest BCUT2D eigenvalue weighted by Gasteiger charge is -2.37. The normalized spacial score (nSPS) is 20.2. The van der Waals surface area contributed by atoms with E-state index in [4.69, 9.17) is 9.98 Å². The Bertz CT molecular complexity index is 641. The summed E-state index contributed by atoms with van der Waals surface area (Å²) >= 11 is 0. The van der Waals surface area contributed by atoms with Gasteiger partial charge >= 0.3 is 0 Å². The van der Waals surface area contributed by atoms with Crippen molar-refractivity contribution in [1.29, 1.82) is 0 Å². The monoisotopic (exact) mass is 415 g/mol. The highest BCUT2D eigenvalue weighted by Gasteiger charge is 2.31. The molecule has 1 aromatic heterocycles. The Hall–Kier alpha value is -1.82. The third-order valence-corrected chi connectivity index (χ3v) is 6.87. The van der Waals surface area contributed by atoms with Crippen LogP contribution < -0.4 is 15.5 Å². The molecule has 0 bridgehead atoms. The molecule has 0 unspecified atom stereocenters. The molecular weight excluding hydrogens is 374 g/mol.